The second-order valence-electron chi connectivity index (χ2n) is 6.21. The third-order valence-electron chi connectivity index (χ3n) is 4.23. The first-order chi connectivity index (χ1) is 13.0. The number of anilines is 1. The minimum Gasteiger partial charge on any atom is -0.494 e. The maximum atomic E-state index is 12.5. The summed E-state index contributed by atoms with van der Waals surface area (Å²) in [6, 6.07) is 15.0. The topological polar surface area (TPSA) is 59.1 Å². The Morgan fingerprint density at radius 3 is 2.81 bits per heavy atom. The lowest BCUT2D eigenvalue weighted by atomic mass is 10.2. The van der Waals surface area contributed by atoms with E-state index in [0.29, 0.717) is 31.0 Å². The van der Waals surface area contributed by atoms with Gasteiger partial charge in [-0.05, 0) is 36.8 Å². The van der Waals surface area contributed by atoms with Crippen LogP contribution in [0.1, 0.15) is 6.42 Å². The van der Waals surface area contributed by atoms with E-state index < -0.39 is 0 Å². The normalized spacial score (nSPS) is 13.0. The summed E-state index contributed by atoms with van der Waals surface area (Å²) in [6.07, 6.45) is 0.706. The van der Waals surface area contributed by atoms with E-state index in [1.807, 2.05) is 36.4 Å². The van der Waals surface area contributed by atoms with Crippen LogP contribution >= 0.6 is 15.9 Å². The molecule has 142 valence electrons. The lowest BCUT2D eigenvalue weighted by Gasteiger charge is -2.30. The van der Waals surface area contributed by atoms with Gasteiger partial charge in [0.1, 0.15) is 18.0 Å². The predicted molar refractivity (Wildman–Crippen MR) is 106 cm³/mol. The van der Waals surface area contributed by atoms with Crippen LogP contribution in [-0.4, -0.2) is 50.1 Å². The second-order valence-corrected chi connectivity index (χ2v) is 7.13. The molecule has 0 unspecified atom stereocenters. The zero-order valence-electron chi connectivity index (χ0n) is 15.1. The van der Waals surface area contributed by atoms with Crippen molar-refractivity contribution in [1.29, 1.82) is 0 Å². The summed E-state index contributed by atoms with van der Waals surface area (Å²) >= 11 is 3.38. The number of benzene rings is 2. The Morgan fingerprint density at radius 1 is 1.26 bits per heavy atom. The largest absolute Gasteiger partial charge is 0.494 e. The highest BCUT2D eigenvalue weighted by Crippen LogP contribution is 2.34. The minimum absolute atomic E-state index is 0.00708. The molecule has 0 fully saturated rings. The van der Waals surface area contributed by atoms with Gasteiger partial charge in [0.25, 0.3) is 5.91 Å². The standard InChI is InChI=1S/C20H21BrN2O4/c1-22(10-5-11-26-16-6-3-2-4-7-16)19(24)13-23-17-9-8-15(21)12-18(17)27-14-20(23)25/h2-4,6-9,12H,5,10-11,13-14H2,1H3. The fourth-order valence-corrected chi connectivity index (χ4v) is 3.08. The smallest absolute Gasteiger partial charge is 0.265 e. The number of para-hydroxylation sites is 1. The molecule has 0 aromatic heterocycles. The average Bonchev–Trinajstić information content (AvgIpc) is 2.68. The first-order valence-electron chi connectivity index (χ1n) is 8.69. The van der Waals surface area contributed by atoms with E-state index in [9.17, 15) is 9.59 Å². The van der Waals surface area contributed by atoms with Crippen molar-refractivity contribution in [3.8, 4) is 11.5 Å². The number of nitrogens with zero attached hydrogens (tertiary/aromatic N) is 2. The van der Waals surface area contributed by atoms with Crippen molar-refractivity contribution >= 4 is 33.4 Å². The molecule has 7 heteroatoms. The zero-order chi connectivity index (χ0) is 19.2. The number of carbonyl (C=O) groups is 2. The van der Waals surface area contributed by atoms with Crippen LogP contribution in [0.4, 0.5) is 5.69 Å². The van der Waals surface area contributed by atoms with E-state index in [1.54, 1.807) is 24.1 Å². The second kappa shape index (κ2) is 8.90. The van der Waals surface area contributed by atoms with E-state index in [1.165, 1.54) is 4.90 Å². The summed E-state index contributed by atoms with van der Waals surface area (Å²) in [7, 11) is 1.73. The summed E-state index contributed by atoms with van der Waals surface area (Å²) in [5.41, 5.74) is 0.614. The summed E-state index contributed by atoms with van der Waals surface area (Å²) in [5.74, 6) is 1.06. The van der Waals surface area contributed by atoms with E-state index in [4.69, 9.17) is 9.47 Å². The molecule has 0 aliphatic carbocycles. The number of carbonyl (C=O) groups excluding carboxylic acids is 2. The van der Waals surface area contributed by atoms with Gasteiger partial charge in [-0.3, -0.25) is 14.5 Å². The van der Waals surface area contributed by atoms with E-state index in [0.717, 1.165) is 10.2 Å². The van der Waals surface area contributed by atoms with Gasteiger partial charge in [-0.15, -0.1) is 0 Å². The van der Waals surface area contributed by atoms with Crippen LogP contribution in [0.5, 0.6) is 11.5 Å². The highest BCUT2D eigenvalue weighted by molar-refractivity contribution is 9.10. The maximum Gasteiger partial charge on any atom is 0.265 e. The van der Waals surface area contributed by atoms with Crippen LogP contribution in [0, 0.1) is 0 Å². The fourth-order valence-electron chi connectivity index (χ4n) is 2.74. The molecular weight excluding hydrogens is 412 g/mol. The number of ether oxygens (including phenoxy) is 2. The third kappa shape index (κ3) is 5.01. The molecule has 3 rings (SSSR count). The van der Waals surface area contributed by atoms with Gasteiger partial charge in [-0.1, -0.05) is 34.1 Å². The molecule has 0 spiro atoms. The third-order valence-corrected chi connectivity index (χ3v) is 4.73. The number of amides is 2. The van der Waals surface area contributed by atoms with Crippen molar-refractivity contribution in [2.75, 3.05) is 38.3 Å². The molecule has 1 heterocycles. The Kier molecular flexibility index (Phi) is 6.34. The quantitative estimate of drug-likeness (QED) is 0.630. The fraction of sp³-hybridized carbons (Fsp3) is 0.300. The van der Waals surface area contributed by atoms with Crippen LogP contribution < -0.4 is 14.4 Å². The Morgan fingerprint density at radius 2 is 2.04 bits per heavy atom. The molecule has 0 N–H and O–H groups in total. The minimum atomic E-state index is -0.223. The number of rotatable bonds is 7. The molecule has 0 radical (unpaired) electrons. The van der Waals surface area contributed by atoms with Gasteiger partial charge in [-0.2, -0.15) is 0 Å². The number of likely N-dealkylation sites (N-methyl/N-ethyl adjacent to an activating group) is 1. The first-order valence-corrected chi connectivity index (χ1v) is 9.48. The van der Waals surface area contributed by atoms with Gasteiger partial charge in [0.05, 0.1) is 12.3 Å². The summed E-state index contributed by atoms with van der Waals surface area (Å²) < 4.78 is 11.9. The van der Waals surface area contributed by atoms with E-state index in [2.05, 4.69) is 15.9 Å². The summed E-state index contributed by atoms with van der Waals surface area (Å²) in [5, 5.41) is 0. The van der Waals surface area contributed by atoms with Crippen molar-refractivity contribution in [1.82, 2.24) is 4.90 Å². The zero-order valence-corrected chi connectivity index (χ0v) is 16.6. The van der Waals surface area contributed by atoms with Crippen molar-refractivity contribution in [3.05, 3.63) is 53.0 Å². The molecule has 0 saturated heterocycles. The molecule has 27 heavy (non-hydrogen) atoms. The molecule has 2 aromatic carbocycles. The lowest BCUT2D eigenvalue weighted by Crippen LogP contribution is -2.45. The summed E-state index contributed by atoms with van der Waals surface area (Å²) in [4.78, 5) is 27.9. The molecule has 2 amide bonds. The Labute approximate surface area is 166 Å². The number of hydrogen-bond donors (Lipinski definition) is 0. The van der Waals surface area contributed by atoms with E-state index in [-0.39, 0.29) is 25.0 Å². The molecule has 2 aromatic rings. The molecular formula is C20H21BrN2O4. The van der Waals surface area contributed by atoms with Crippen LogP contribution in [0.25, 0.3) is 0 Å². The number of hydrogen-bond acceptors (Lipinski definition) is 4. The molecule has 1 aliphatic rings. The SMILES string of the molecule is CN(CCCOc1ccccc1)C(=O)CN1C(=O)COc2cc(Br)ccc21. The van der Waals surface area contributed by atoms with Gasteiger partial charge in [0, 0.05) is 18.1 Å². The molecule has 0 saturated carbocycles. The molecule has 0 atom stereocenters. The van der Waals surface area contributed by atoms with Crippen LogP contribution in [-0.2, 0) is 9.59 Å². The number of fused-ring (bicyclic) bond motifs is 1. The highest BCUT2D eigenvalue weighted by Gasteiger charge is 2.28. The first kappa shape index (κ1) is 19.2. The van der Waals surface area contributed by atoms with Crippen LogP contribution in [0.15, 0.2) is 53.0 Å². The van der Waals surface area contributed by atoms with Gasteiger partial charge >= 0.3 is 0 Å². The Hall–Kier alpha value is -2.54. The monoisotopic (exact) mass is 432 g/mol. The average molecular weight is 433 g/mol. The molecule has 1 aliphatic heterocycles. The summed E-state index contributed by atoms with van der Waals surface area (Å²) in [6.45, 7) is 1.00. The maximum absolute atomic E-state index is 12.5. The van der Waals surface area contributed by atoms with Crippen molar-refractivity contribution in [3.63, 3.8) is 0 Å². The van der Waals surface area contributed by atoms with E-state index >= 15 is 0 Å². The van der Waals surface area contributed by atoms with Gasteiger partial charge in [0.15, 0.2) is 6.61 Å². The van der Waals surface area contributed by atoms with Gasteiger partial charge in [0.2, 0.25) is 5.91 Å². The number of halogens is 1. The van der Waals surface area contributed by atoms with Crippen LogP contribution in [0.3, 0.4) is 0 Å². The highest BCUT2D eigenvalue weighted by atomic mass is 79.9. The van der Waals surface area contributed by atoms with Gasteiger partial charge in [-0.25, -0.2) is 0 Å². The van der Waals surface area contributed by atoms with Crippen molar-refractivity contribution in [2.45, 2.75) is 6.42 Å². The van der Waals surface area contributed by atoms with Crippen molar-refractivity contribution < 1.29 is 19.1 Å². The van der Waals surface area contributed by atoms with Gasteiger partial charge < -0.3 is 14.4 Å². The molecule has 0 bridgehead atoms. The Bertz CT molecular complexity index is 813. The predicted octanol–water partition coefficient (Wildman–Crippen LogP) is 3.10. The Balaban J connectivity index is 1.51. The van der Waals surface area contributed by atoms with Crippen LogP contribution in [0.2, 0.25) is 0 Å². The lowest BCUT2D eigenvalue weighted by molar-refractivity contribution is -0.131. The molecule has 6 nitrogen and oxygen atoms in total. The van der Waals surface area contributed by atoms with Crippen molar-refractivity contribution in [2.24, 2.45) is 0 Å².